The van der Waals surface area contributed by atoms with E-state index in [1.54, 1.807) is 29.2 Å². The number of H-pyrrole nitrogens is 1. The second-order valence-electron chi connectivity index (χ2n) is 7.75. The third-order valence-corrected chi connectivity index (χ3v) is 5.58. The zero-order valence-electron chi connectivity index (χ0n) is 15.6. The third kappa shape index (κ3) is 3.85. The Bertz CT molecular complexity index is 1020. The number of carbonyl (C=O) groups is 2. The molecule has 28 heavy (non-hydrogen) atoms. The van der Waals surface area contributed by atoms with Crippen molar-refractivity contribution in [3.63, 3.8) is 0 Å². The smallest absolute Gasteiger partial charge is 0.273 e. The van der Waals surface area contributed by atoms with E-state index in [-0.39, 0.29) is 29.7 Å². The Morgan fingerprint density at radius 2 is 1.86 bits per heavy atom. The first kappa shape index (κ1) is 18.5. The zero-order valence-corrected chi connectivity index (χ0v) is 15.6. The number of hydrogen-bond acceptors (Lipinski definition) is 4. The van der Waals surface area contributed by atoms with Gasteiger partial charge in [0, 0.05) is 19.6 Å². The predicted octanol–water partition coefficient (Wildman–Crippen LogP) is 0.455. The highest BCUT2D eigenvalue weighted by Gasteiger charge is 2.30. The van der Waals surface area contributed by atoms with Gasteiger partial charge in [0.15, 0.2) is 0 Å². The van der Waals surface area contributed by atoms with E-state index < -0.39 is 11.1 Å². The molecule has 2 aliphatic rings. The van der Waals surface area contributed by atoms with Gasteiger partial charge in [-0.25, -0.2) is 4.68 Å². The number of fused-ring (bicyclic) bond motifs is 1. The quantitative estimate of drug-likeness (QED) is 0.781. The summed E-state index contributed by atoms with van der Waals surface area (Å²) in [5.41, 5.74) is -0.807. The van der Waals surface area contributed by atoms with Crippen molar-refractivity contribution in [1.29, 1.82) is 0 Å². The Morgan fingerprint density at radius 3 is 2.61 bits per heavy atom. The van der Waals surface area contributed by atoms with E-state index in [0.717, 1.165) is 24.1 Å². The molecule has 2 fully saturated rings. The number of hydrogen-bond donors (Lipinski definition) is 2. The van der Waals surface area contributed by atoms with E-state index in [2.05, 4.69) is 10.4 Å². The highest BCUT2D eigenvalue weighted by Crippen LogP contribution is 2.28. The average molecular weight is 384 g/mol. The number of carbonyl (C=O) groups excluding carboxylic acids is 2. The van der Waals surface area contributed by atoms with Crippen LogP contribution in [0.1, 0.15) is 25.7 Å². The number of benzene rings is 1. The van der Waals surface area contributed by atoms with Crippen molar-refractivity contribution in [3.05, 3.63) is 45.0 Å². The average Bonchev–Trinajstić information content (AvgIpc) is 3.54. The van der Waals surface area contributed by atoms with Gasteiger partial charge in [-0.3, -0.25) is 24.3 Å². The van der Waals surface area contributed by atoms with Crippen LogP contribution in [0.5, 0.6) is 0 Å². The minimum atomic E-state index is -0.404. The second-order valence-corrected chi connectivity index (χ2v) is 7.75. The van der Waals surface area contributed by atoms with Crippen molar-refractivity contribution < 1.29 is 9.59 Å². The molecule has 1 aliphatic heterocycles. The lowest BCUT2D eigenvalue weighted by molar-refractivity contribution is -0.136. The van der Waals surface area contributed by atoms with Gasteiger partial charge in [0.25, 0.3) is 11.1 Å². The number of nitrogens with one attached hydrogen (secondary N) is 2. The van der Waals surface area contributed by atoms with Crippen LogP contribution in [0.25, 0.3) is 10.8 Å². The Labute approximate surface area is 161 Å². The van der Waals surface area contributed by atoms with Crippen LogP contribution in [0.3, 0.4) is 0 Å². The van der Waals surface area contributed by atoms with Crippen LogP contribution in [0.15, 0.2) is 33.9 Å². The number of rotatable bonds is 5. The van der Waals surface area contributed by atoms with E-state index in [1.165, 1.54) is 12.8 Å². The molecule has 2 heterocycles. The Kier molecular flexibility index (Phi) is 5.02. The van der Waals surface area contributed by atoms with Gasteiger partial charge in [-0.1, -0.05) is 12.1 Å². The molecule has 1 atom stereocenters. The minimum Gasteiger partial charge on any atom is -0.356 e. The Hall–Kier alpha value is -2.90. The first-order valence-corrected chi connectivity index (χ1v) is 9.80. The number of likely N-dealkylation sites (tertiary alicyclic amines) is 1. The van der Waals surface area contributed by atoms with Gasteiger partial charge in [-0.15, -0.1) is 0 Å². The number of piperidine rings is 1. The molecule has 1 unspecified atom stereocenters. The molecular formula is C20H24N4O4. The van der Waals surface area contributed by atoms with Crippen LogP contribution < -0.4 is 16.4 Å². The Morgan fingerprint density at radius 1 is 1.11 bits per heavy atom. The fraction of sp³-hybridized carbons (Fsp3) is 0.500. The topological polar surface area (TPSA) is 104 Å². The lowest BCUT2D eigenvalue weighted by Gasteiger charge is -2.32. The molecule has 2 aromatic rings. The number of amides is 2. The molecule has 1 saturated heterocycles. The van der Waals surface area contributed by atoms with E-state index >= 15 is 0 Å². The Balaban J connectivity index is 1.45. The fourth-order valence-electron chi connectivity index (χ4n) is 3.72. The summed E-state index contributed by atoms with van der Waals surface area (Å²) in [6, 6.07) is 6.53. The lowest BCUT2D eigenvalue weighted by Crippen LogP contribution is -2.47. The first-order valence-electron chi connectivity index (χ1n) is 9.80. The van der Waals surface area contributed by atoms with Crippen molar-refractivity contribution in [2.24, 2.45) is 11.8 Å². The standard InChI is InChI=1S/C20H24N4O4/c25-17(12-24-20(28)16-6-2-1-5-15(16)19(27)22-24)23-9-3-4-14(11-23)18(26)21-10-13-7-8-13/h1-2,5-6,13-14H,3-4,7-12H2,(H,21,26)(H,22,27). The molecular weight excluding hydrogens is 360 g/mol. The first-order chi connectivity index (χ1) is 13.5. The van der Waals surface area contributed by atoms with Crippen LogP contribution >= 0.6 is 0 Å². The maximum absolute atomic E-state index is 12.7. The maximum atomic E-state index is 12.7. The SMILES string of the molecule is O=C(NCC1CC1)C1CCCN(C(=O)Cn2[nH]c(=O)c3ccccc3c2=O)C1. The summed E-state index contributed by atoms with van der Waals surface area (Å²) >= 11 is 0. The van der Waals surface area contributed by atoms with Crippen molar-refractivity contribution >= 4 is 22.6 Å². The second kappa shape index (κ2) is 7.61. The number of nitrogens with zero attached hydrogens (tertiary/aromatic N) is 2. The predicted molar refractivity (Wildman–Crippen MR) is 104 cm³/mol. The van der Waals surface area contributed by atoms with Gasteiger partial charge in [0.2, 0.25) is 11.8 Å². The fourth-order valence-corrected chi connectivity index (χ4v) is 3.72. The summed E-state index contributed by atoms with van der Waals surface area (Å²) in [7, 11) is 0. The molecule has 148 valence electrons. The van der Waals surface area contributed by atoms with Gasteiger partial charge in [0.05, 0.1) is 16.7 Å². The van der Waals surface area contributed by atoms with Crippen LogP contribution in [-0.2, 0) is 16.1 Å². The summed E-state index contributed by atoms with van der Waals surface area (Å²) in [6.45, 7) is 1.38. The zero-order chi connectivity index (χ0) is 19.7. The van der Waals surface area contributed by atoms with E-state index in [1.807, 2.05) is 0 Å². The largest absolute Gasteiger partial charge is 0.356 e. The summed E-state index contributed by atoms with van der Waals surface area (Å²) in [5, 5.41) is 6.06. The molecule has 8 heteroatoms. The van der Waals surface area contributed by atoms with Crippen molar-refractivity contribution in [2.75, 3.05) is 19.6 Å². The van der Waals surface area contributed by atoms with Gasteiger partial charge in [-0.2, -0.15) is 0 Å². The van der Waals surface area contributed by atoms with E-state index in [9.17, 15) is 19.2 Å². The van der Waals surface area contributed by atoms with Crippen LogP contribution in [0, 0.1) is 11.8 Å². The molecule has 8 nitrogen and oxygen atoms in total. The molecule has 1 aliphatic carbocycles. The highest BCUT2D eigenvalue weighted by molar-refractivity contribution is 5.82. The molecule has 1 aromatic heterocycles. The minimum absolute atomic E-state index is 0.000629. The summed E-state index contributed by atoms with van der Waals surface area (Å²) in [4.78, 5) is 51.5. The van der Waals surface area contributed by atoms with Crippen LogP contribution in [0.2, 0.25) is 0 Å². The van der Waals surface area contributed by atoms with Crippen LogP contribution in [-0.4, -0.2) is 46.1 Å². The van der Waals surface area contributed by atoms with Gasteiger partial charge in [0.1, 0.15) is 6.54 Å². The molecule has 0 bridgehead atoms. The molecule has 0 radical (unpaired) electrons. The third-order valence-electron chi connectivity index (χ3n) is 5.58. The lowest BCUT2D eigenvalue weighted by atomic mass is 9.97. The molecule has 0 spiro atoms. The summed E-state index contributed by atoms with van der Waals surface area (Å²) in [5.74, 6) is 0.124. The normalized spacial score (nSPS) is 19.6. The van der Waals surface area contributed by atoms with E-state index in [0.29, 0.717) is 24.4 Å². The maximum Gasteiger partial charge on any atom is 0.273 e. The van der Waals surface area contributed by atoms with Crippen molar-refractivity contribution in [1.82, 2.24) is 20.0 Å². The number of aromatic amines is 1. The van der Waals surface area contributed by atoms with Gasteiger partial charge >= 0.3 is 0 Å². The van der Waals surface area contributed by atoms with Crippen molar-refractivity contribution in [2.45, 2.75) is 32.2 Å². The number of aromatic nitrogens is 2. The molecule has 1 aromatic carbocycles. The molecule has 2 amide bonds. The molecule has 1 saturated carbocycles. The monoisotopic (exact) mass is 384 g/mol. The van der Waals surface area contributed by atoms with Crippen molar-refractivity contribution in [3.8, 4) is 0 Å². The molecule has 4 rings (SSSR count). The van der Waals surface area contributed by atoms with Crippen LogP contribution in [0.4, 0.5) is 0 Å². The summed E-state index contributed by atoms with van der Waals surface area (Å²) in [6.07, 6.45) is 3.85. The highest BCUT2D eigenvalue weighted by atomic mass is 16.2. The van der Waals surface area contributed by atoms with Gasteiger partial charge < -0.3 is 10.2 Å². The van der Waals surface area contributed by atoms with Gasteiger partial charge in [-0.05, 0) is 43.7 Å². The summed E-state index contributed by atoms with van der Waals surface area (Å²) < 4.78 is 1.06. The molecule has 2 N–H and O–H groups in total. The van der Waals surface area contributed by atoms with E-state index in [4.69, 9.17) is 0 Å².